The highest BCUT2D eigenvalue weighted by atomic mass is 79.9. The van der Waals surface area contributed by atoms with E-state index in [0.717, 1.165) is 31.2 Å². The van der Waals surface area contributed by atoms with E-state index in [-0.39, 0.29) is 47.1 Å². The van der Waals surface area contributed by atoms with Gasteiger partial charge in [-0.2, -0.15) is 0 Å². The molecule has 5 aromatic rings. The van der Waals surface area contributed by atoms with E-state index in [2.05, 4.69) is 80.4 Å². The SMILES string of the molecule is O=C(c1ccco1)C1C(c2ccc(Br)cc2)C1c1ccc(C2C(C(=O)c3ccco3)C2c2ccc(Br)cc2)cc1. The summed E-state index contributed by atoms with van der Waals surface area (Å²) in [5.74, 6) is 0.821. The van der Waals surface area contributed by atoms with Crippen LogP contribution in [0.4, 0.5) is 0 Å². The van der Waals surface area contributed by atoms with Crippen molar-refractivity contribution in [2.75, 3.05) is 0 Å². The molecule has 2 aromatic heterocycles. The van der Waals surface area contributed by atoms with Gasteiger partial charge in [-0.3, -0.25) is 9.59 Å². The van der Waals surface area contributed by atoms with E-state index < -0.39 is 0 Å². The third-order valence-electron chi connectivity index (χ3n) is 8.39. The van der Waals surface area contributed by atoms with Gasteiger partial charge in [0.2, 0.25) is 11.6 Å². The molecule has 3 aromatic carbocycles. The average molecular weight is 656 g/mol. The Labute approximate surface area is 248 Å². The molecule has 2 aliphatic carbocycles. The van der Waals surface area contributed by atoms with Gasteiger partial charge in [0, 0.05) is 44.5 Å². The summed E-state index contributed by atoms with van der Waals surface area (Å²) in [5, 5.41) is 0. The molecule has 0 aliphatic heterocycles. The zero-order valence-electron chi connectivity index (χ0n) is 21.2. The van der Waals surface area contributed by atoms with Crippen molar-refractivity contribution in [2.24, 2.45) is 11.8 Å². The molecular formula is C34H24Br2O4. The van der Waals surface area contributed by atoms with Crippen molar-refractivity contribution in [3.05, 3.63) is 152 Å². The largest absolute Gasteiger partial charge is 0.461 e. The minimum atomic E-state index is -0.178. The fourth-order valence-corrected chi connectivity index (χ4v) is 6.94. The molecule has 4 nitrogen and oxygen atoms in total. The molecule has 2 heterocycles. The molecule has 0 amide bonds. The lowest BCUT2D eigenvalue weighted by Crippen LogP contribution is -2.03. The Morgan fingerprint density at radius 2 is 0.775 bits per heavy atom. The number of benzene rings is 3. The number of hydrogen-bond acceptors (Lipinski definition) is 4. The number of rotatable bonds is 8. The van der Waals surface area contributed by atoms with Crippen LogP contribution in [0, 0.1) is 11.8 Å². The third-order valence-corrected chi connectivity index (χ3v) is 9.45. The second-order valence-corrected chi connectivity index (χ2v) is 12.4. The summed E-state index contributed by atoms with van der Waals surface area (Å²) in [6.07, 6.45) is 3.10. The number of halogens is 2. The molecule has 6 heteroatoms. The molecular weight excluding hydrogens is 632 g/mol. The second-order valence-electron chi connectivity index (χ2n) is 10.6. The van der Waals surface area contributed by atoms with Crippen molar-refractivity contribution in [2.45, 2.75) is 23.7 Å². The molecule has 0 N–H and O–H groups in total. The first-order valence-electron chi connectivity index (χ1n) is 13.3. The Kier molecular flexibility index (Phi) is 6.48. The molecule has 7 rings (SSSR count). The molecule has 0 radical (unpaired) electrons. The minimum Gasteiger partial charge on any atom is -0.461 e. The maximum atomic E-state index is 13.4. The lowest BCUT2D eigenvalue weighted by molar-refractivity contribution is 0.0928. The van der Waals surface area contributed by atoms with E-state index in [4.69, 9.17) is 8.83 Å². The van der Waals surface area contributed by atoms with Crippen LogP contribution in [0.2, 0.25) is 0 Å². The number of ketones is 2. The fourth-order valence-electron chi connectivity index (χ4n) is 6.41. The fraction of sp³-hybridized carbons (Fsp3) is 0.176. The Morgan fingerprint density at radius 3 is 1.05 bits per heavy atom. The molecule has 2 fully saturated rings. The molecule has 0 bridgehead atoms. The summed E-state index contributed by atoms with van der Waals surface area (Å²) >= 11 is 7.03. The van der Waals surface area contributed by atoms with E-state index in [0.29, 0.717) is 11.5 Å². The highest BCUT2D eigenvalue weighted by molar-refractivity contribution is 9.10. The molecule has 2 aliphatic rings. The minimum absolute atomic E-state index is 0.0357. The van der Waals surface area contributed by atoms with E-state index in [1.807, 2.05) is 24.3 Å². The van der Waals surface area contributed by atoms with Gasteiger partial charge in [0.05, 0.1) is 12.5 Å². The first-order valence-corrected chi connectivity index (χ1v) is 14.9. The third kappa shape index (κ3) is 4.53. The van der Waals surface area contributed by atoms with Gasteiger partial charge in [-0.25, -0.2) is 0 Å². The highest BCUT2D eigenvalue weighted by Crippen LogP contribution is 2.64. The first kappa shape index (κ1) is 25.5. The van der Waals surface area contributed by atoms with E-state index >= 15 is 0 Å². The Morgan fingerprint density at radius 1 is 0.475 bits per heavy atom. The first-order chi connectivity index (χ1) is 19.5. The molecule has 40 heavy (non-hydrogen) atoms. The molecule has 0 spiro atoms. The van der Waals surface area contributed by atoms with E-state index in [9.17, 15) is 9.59 Å². The number of hydrogen-bond donors (Lipinski definition) is 0. The number of carbonyl (C=O) groups is 2. The van der Waals surface area contributed by atoms with Crippen LogP contribution in [0.25, 0.3) is 0 Å². The van der Waals surface area contributed by atoms with Gasteiger partial charge < -0.3 is 8.83 Å². The summed E-state index contributed by atoms with van der Waals surface area (Å²) in [5.41, 5.74) is 4.53. The number of furan rings is 2. The summed E-state index contributed by atoms with van der Waals surface area (Å²) in [6.45, 7) is 0. The molecule has 0 saturated heterocycles. The van der Waals surface area contributed by atoms with Gasteiger partial charge in [0.25, 0.3) is 0 Å². The highest BCUT2D eigenvalue weighted by Gasteiger charge is 2.58. The smallest absolute Gasteiger partial charge is 0.202 e. The number of carbonyl (C=O) groups excluding carboxylic acids is 2. The van der Waals surface area contributed by atoms with Gasteiger partial charge in [-0.15, -0.1) is 0 Å². The van der Waals surface area contributed by atoms with E-state index in [1.54, 1.807) is 36.8 Å². The molecule has 6 atom stereocenters. The quantitative estimate of drug-likeness (QED) is 0.156. The molecule has 6 unspecified atom stereocenters. The van der Waals surface area contributed by atoms with Gasteiger partial charge >= 0.3 is 0 Å². The van der Waals surface area contributed by atoms with Gasteiger partial charge in [0.15, 0.2) is 11.5 Å². The van der Waals surface area contributed by atoms with Crippen LogP contribution >= 0.6 is 31.9 Å². The van der Waals surface area contributed by atoms with Crippen molar-refractivity contribution < 1.29 is 18.4 Å². The van der Waals surface area contributed by atoms with Crippen molar-refractivity contribution in [1.82, 2.24) is 0 Å². The normalized spacial score (nSPS) is 24.9. The van der Waals surface area contributed by atoms with Crippen LogP contribution in [0.3, 0.4) is 0 Å². The topological polar surface area (TPSA) is 60.4 Å². The Balaban J connectivity index is 1.19. The van der Waals surface area contributed by atoms with Crippen LogP contribution in [0.5, 0.6) is 0 Å². The van der Waals surface area contributed by atoms with Crippen molar-refractivity contribution in [3.63, 3.8) is 0 Å². The Hall–Kier alpha value is -3.48. The molecule has 2 saturated carbocycles. The monoisotopic (exact) mass is 654 g/mol. The second kappa shape index (κ2) is 10.2. The van der Waals surface area contributed by atoms with Crippen molar-refractivity contribution in [3.8, 4) is 0 Å². The zero-order chi connectivity index (χ0) is 27.4. The van der Waals surface area contributed by atoms with Crippen LogP contribution in [-0.2, 0) is 0 Å². The maximum absolute atomic E-state index is 13.4. The van der Waals surface area contributed by atoms with Gasteiger partial charge in [-0.05, 0) is 70.8 Å². The van der Waals surface area contributed by atoms with Gasteiger partial charge in [-0.1, -0.05) is 80.4 Å². The summed E-state index contributed by atoms with van der Waals surface area (Å²) < 4.78 is 13.0. The average Bonchev–Trinajstić information content (AvgIpc) is 3.68. The van der Waals surface area contributed by atoms with Crippen LogP contribution in [-0.4, -0.2) is 11.6 Å². The van der Waals surface area contributed by atoms with Crippen molar-refractivity contribution in [1.29, 1.82) is 0 Å². The standard InChI is InChI=1S/C34H24Br2O4/c35-23-13-9-21(10-14-23)29-27(31(29)33(37)25-3-1-17-39-25)19-5-7-20(8-6-19)28-30(22-11-15-24(36)16-12-22)32(28)34(38)26-4-2-18-40-26/h1-18,27-32H. The van der Waals surface area contributed by atoms with Gasteiger partial charge in [0.1, 0.15) is 0 Å². The van der Waals surface area contributed by atoms with Crippen LogP contribution in [0.1, 0.15) is 67.0 Å². The predicted molar refractivity (Wildman–Crippen MR) is 159 cm³/mol. The number of Topliss-reactive ketones (excluding diaryl/α,β-unsaturated/α-hetero) is 2. The van der Waals surface area contributed by atoms with E-state index in [1.165, 1.54) is 0 Å². The van der Waals surface area contributed by atoms with Crippen LogP contribution in [0.15, 0.2) is 127 Å². The lowest BCUT2D eigenvalue weighted by Gasteiger charge is -2.05. The zero-order valence-corrected chi connectivity index (χ0v) is 24.4. The predicted octanol–water partition coefficient (Wildman–Crippen LogP) is 9.16. The van der Waals surface area contributed by atoms with Crippen molar-refractivity contribution >= 4 is 43.4 Å². The molecule has 198 valence electrons. The Bertz CT molecular complexity index is 1530. The van der Waals surface area contributed by atoms with Crippen LogP contribution < -0.4 is 0 Å². The lowest BCUT2D eigenvalue weighted by atomic mass is 9.99. The summed E-state index contributed by atoms with van der Waals surface area (Å²) in [6, 6.07) is 32.0. The summed E-state index contributed by atoms with van der Waals surface area (Å²) in [7, 11) is 0. The summed E-state index contributed by atoms with van der Waals surface area (Å²) in [4.78, 5) is 26.8. The maximum Gasteiger partial charge on any atom is 0.202 e.